The van der Waals surface area contributed by atoms with Crippen LogP contribution in [-0.2, 0) is 11.3 Å². The van der Waals surface area contributed by atoms with Crippen molar-refractivity contribution in [2.24, 2.45) is 0 Å². The average Bonchev–Trinajstić information content (AvgIpc) is 2.97. The van der Waals surface area contributed by atoms with E-state index < -0.39 is 6.61 Å². The van der Waals surface area contributed by atoms with Crippen molar-refractivity contribution in [3.63, 3.8) is 0 Å². The summed E-state index contributed by atoms with van der Waals surface area (Å²) in [4.78, 5) is 12.7. The Hall–Kier alpha value is -2.21. The Morgan fingerprint density at radius 2 is 2.05 bits per heavy atom. The smallest absolute Gasteiger partial charge is 0.387 e. The van der Waals surface area contributed by atoms with Crippen LogP contribution in [0.1, 0.15) is 10.4 Å². The van der Waals surface area contributed by atoms with Crippen molar-refractivity contribution in [1.29, 1.82) is 0 Å². The van der Waals surface area contributed by atoms with E-state index in [2.05, 4.69) is 10.1 Å². The predicted octanol–water partition coefficient (Wildman–Crippen LogP) is 3.68. The molecule has 0 bridgehead atoms. The number of hydrogen-bond donors (Lipinski definition) is 1. The van der Waals surface area contributed by atoms with Crippen molar-refractivity contribution in [2.45, 2.75) is 13.2 Å². The van der Waals surface area contributed by atoms with Gasteiger partial charge in [0.1, 0.15) is 5.75 Å². The molecule has 1 N–H and O–H groups in total. The van der Waals surface area contributed by atoms with E-state index in [1.165, 1.54) is 18.2 Å². The standard InChI is InChI=1S/C15H13F2NO2S/c16-15(17)20-12-6-3-11(4-7-12)5-8-14(19)18-10-13-2-1-9-21-13/h1-9,15H,10H2,(H,18,19)/b8-5+. The first-order valence-corrected chi connectivity index (χ1v) is 7.04. The van der Waals surface area contributed by atoms with Gasteiger partial charge in [0.15, 0.2) is 0 Å². The number of amides is 1. The Kier molecular flexibility index (Phi) is 5.45. The highest BCUT2D eigenvalue weighted by Gasteiger charge is 2.03. The van der Waals surface area contributed by atoms with Crippen molar-refractivity contribution in [2.75, 3.05) is 0 Å². The molecule has 0 fully saturated rings. The first kappa shape index (κ1) is 15.2. The fraction of sp³-hybridized carbons (Fsp3) is 0.133. The van der Waals surface area contributed by atoms with Crippen molar-refractivity contribution >= 4 is 23.3 Å². The van der Waals surface area contributed by atoms with E-state index in [-0.39, 0.29) is 11.7 Å². The van der Waals surface area contributed by atoms with Gasteiger partial charge in [0, 0.05) is 11.0 Å². The molecule has 0 saturated carbocycles. The van der Waals surface area contributed by atoms with Gasteiger partial charge in [-0.2, -0.15) is 8.78 Å². The molecule has 21 heavy (non-hydrogen) atoms. The fourth-order valence-electron chi connectivity index (χ4n) is 1.58. The Morgan fingerprint density at radius 1 is 1.29 bits per heavy atom. The molecule has 0 aliphatic heterocycles. The van der Waals surface area contributed by atoms with Crippen molar-refractivity contribution < 1.29 is 18.3 Å². The van der Waals surface area contributed by atoms with Crippen LogP contribution in [0.15, 0.2) is 47.9 Å². The highest BCUT2D eigenvalue weighted by Crippen LogP contribution is 2.15. The minimum absolute atomic E-state index is 0.0873. The minimum atomic E-state index is -2.84. The summed E-state index contributed by atoms with van der Waals surface area (Å²) in [5.74, 6) is -0.124. The Bertz CT molecular complexity index is 595. The molecule has 1 aromatic carbocycles. The van der Waals surface area contributed by atoms with Gasteiger partial charge in [-0.05, 0) is 35.2 Å². The topological polar surface area (TPSA) is 38.3 Å². The minimum Gasteiger partial charge on any atom is -0.435 e. The second-order valence-electron chi connectivity index (χ2n) is 4.08. The van der Waals surface area contributed by atoms with Gasteiger partial charge in [-0.15, -0.1) is 11.3 Å². The second-order valence-corrected chi connectivity index (χ2v) is 5.11. The van der Waals surface area contributed by atoms with Crippen molar-refractivity contribution in [3.05, 3.63) is 58.3 Å². The number of nitrogens with one attached hydrogen (secondary N) is 1. The summed E-state index contributed by atoms with van der Waals surface area (Å²) in [5.41, 5.74) is 0.725. The van der Waals surface area contributed by atoms with Crippen LogP contribution in [0.2, 0.25) is 0 Å². The van der Waals surface area contributed by atoms with E-state index in [1.54, 1.807) is 29.5 Å². The number of ether oxygens (including phenoxy) is 1. The molecular weight excluding hydrogens is 296 g/mol. The molecule has 1 amide bonds. The zero-order valence-electron chi connectivity index (χ0n) is 11.0. The van der Waals surface area contributed by atoms with E-state index >= 15 is 0 Å². The zero-order chi connectivity index (χ0) is 15.1. The van der Waals surface area contributed by atoms with E-state index in [0.29, 0.717) is 6.54 Å². The summed E-state index contributed by atoms with van der Waals surface area (Å²) in [6.07, 6.45) is 3.01. The molecule has 6 heteroatoms. The maximum Gasteiger partial charge on any atom is 0.387 e. The first-order valence-electron chi connectivity index (χ1n) is 6.16. The predicted molar refractivity (Wildman–Crippen MR) is 78.3 cm³/mol. The molecule has 0 aliphatic rings. The van der Waals surface area contributed by atoms with Crippen LogP contribution in [0, 0.1) is 0 Å². The molecule has 110 valence electrons. The summed E-state index contributed by atoms with van der Waals surface area (Å²) in [6, 6.07) is 9.91. The summed E-state index contributed by atoms with van der Waals surface area (Å²) < 4.78 is 28.2. The number of halogens is 2. The Morgan fingerprint density at radius 3 is 2.67 bits per heavy atom. The number of carbonyl (C=O) groups is 1. The molecule has 0 spiro atoms. The summed E-state index contributed by atoms with van der Waals surface area (Å²) in [7, 11) is 0. The number of rotatable bonds is 6. The van der Waals surface area contributed by atoms with Crippen LogP contribution in [-0.4, -0.2) is 12.5 Å². The van der Waals surface area contributed by atoms with Gasteiger partial charge in [-0.25, -0.2) is 0 Å². The lowest BCUT2D eigenvalue weighted by Crippen LogP contribution is -2.19. The maximum absolute atomic E-state index is 12.0. The molecule has 0 atom stereocenters. The van der Waals surface area contributed by atoms with Gasteiger partial charge in [-0.3, -0.25) is 4.79 Å². The van der Waals surface area contributed by atoms with E-state index in [9.17, 15) is 13.6 Å². The van der Waals surface area contributed by atoms with Crippen LogP contribution in [0.3, 0.4) is 0 Å². The van der Waals surface area contributed by atoms with Gasteiger partial charge < -0.3 is 10.1 Å². The highest BCUT2D eigenvalue weighted by molar-refractivity contribution is 7.09. The molecule has 0 saturated heterocycles. The molecule has 2 aromatic rings. The lowest BCUT2D eigenvalue weighted by Gasteiger charge is -2.03. The van der Waals surface area contributed by atoms with E-state index in [0.717, 1.165) is 10.4 Å². The number of hydrogen-bond acceptors (Lipinski definition) is 3. The summed E-state index contributed by atoms with van der Waals surface area (Å²) in [5, 5.41) is 4.70. The number of alkyl halides is 2. The SMILES string of the molecule is O=C(/C=C/c1ccc(OC(F)F)cc1)NCc1cccs1. The van der Waals surface area contributed by atoms with Gasteiger partial charge in [0.25, 0.3) is 0 Å². The largest absolute Gasteiger partial charge is 0.435 e. The molecule has 0 aliphatic carbocycles. The number of benzene rings is 1. The first-order chi connectivity index (χ1) is 10.1. The third-order valence-electron chi connectivity index (χ3n) is 2.55. The van der Waals surface area contributed by atoms with Gasteiger partial charge >= 0.3 is 6.61 Å². The highest BCUT2D eigenvalue weighted by atomic mass is 32.1. The number of thiophene rings is 1. The lowest BCUT2D eigenvalue weighted by molar-refractivity contribution is -0.116. The zero-order valence-corrected chi connectivity index (χ0v) is 11.8. The van der Waals surface area contributed by atoms with Gasteiger partial charge in [0.2, 0.25) is 5.91 Å². The van der Waals surface area contributed by atoms with E-state index in [4.69, 9.17) is 0 Å². The average molecular weight is 309 g/mol. The maximum atomic E-state index is 12.0. The fourth-order valence-corrected chi connectivity index (χ4v) is 2.22. The summed E-state index contributed by atoms with van der Waals surface area (Å²) >= 11 is 1.57. The van der Waals surface area contributed by atoms with Crippen LogP contribution >= 0.6 is 11.3 Å². The third-order valence-corrected chi connectivity index (χ3v) is 3.43. The van der Waals surface area contributed by atoms with Gasteiger partial charge in [0.05, 0.1) is 6.54 Å². The third kappa shape index (κ3) is 5.35. The second kappa shape index (κ2) is 7.54. The molecule has 1 heterocycles. The molecule has 2 rings (SSSR count). The number of carbonyl (C=O) groups excluding carboxylic acids is 1. The molecule has 3 nitrogen and oxygen atoms in total. The van der Waals surface area contributed by atoms with Crippen LogP contribution in [0.5, 0.6) is 5.75 Å². The summed E-state index contributed by atoms with van der Waals surface area (Å²) in [6.45, 7) is -2.35. The molecule has 1 aromatic heterocycles. The monoisotopic (exact) mass is 309 g/mol. The van der Waals surface area contributed by atoms with Crippen LogP contribution in [0.4, 0.5) is 8.78 Å². The quantitative estimate of drug-likeness (QED) is 0.827. The Balaban J connectivity index is 1.83. The van der Waals surface area contributed by atoms with Crippen molar-refractivity contribution in [1.82, 2.24) is 5.32 Å². The van der Waals surface area contributed by atoms with Gasteiger partial charge in [-0.1, -0.05) is 18.2 Å². The van der Waals surface area contributed by atoms with Crippen LogP contribution < -0.4 is 10.1 Å². The lowest BCUT2D eigenvalue weighted by atomic mass is 10.2. The van der Waals surface area contributed by atoms with Crippen molar-refractivity contribution in [3.8, 4) is 5.75 Å². The normalized spacial score (nSPS) is 11.0. The molecular formula is C15H13F2NO2S. The van der Waals surface area contributed by atoms with Crippen LogP contribution in [0.25, 0.3) is 6.08 Å². The molecule has 0 unspecified atom stereocenters. The molecule has 0 radical (unpaired) electrons. The van der Waals surface area contributed by atoms with E-state index in [1.807, 2.05) is 17.5 Å². The Labute approximate surface area is 124 Å².